The number of amides is 1. The fourth-order valence-corrected chi connectivity index (χ4v) is 4.43. The summed E-state index contributed by atoms with van der Waals surface area (Å²) in [5, 5.41) is 2.89. The SMILES string of the molecule is Cc1ccc(CNC(=O)C2CC3CCCC(C2)C3N)c(OCC(F)(F)F)c1.Cl. The first-order valence-corrected chi connectivity index (χ1v) is 9.55. The number of fused-ring (bicyclic) bond motifs is 2. The van der Waals surface area contributed by atoms with E-state index in [9.17, 15) is 18.0 Å². The van der Waals surface area contributed by atoms with E-state index in [1.165, 1.54) is 6.42 Å². The number of hydrogen-bond donors (Lipinski definition) is 2. The van der Waals surface area contributed by atoms with Gasteiger partial charge >= 0.3 is 6.18 Å². The van der Waals surface area contributed by atoms with Gasteiger partial charge in [-0.15, -0.1) is 12.4 Å². The number of nitrogens with two attached hydrogens (primary N) is 1. The summed E-state index contributed by atoms with van der Waals surface area (Å²) in [7, 11) is 0. The standard InChI is InChI=1S/C20H27F3N2O2.ClH/c1-12-5-6-15(17(7-12)27-11-20(21,22)23)10-25-19(26)16-8-13-3-2-4-14(9-16)18(13)24;/h5-7,13-14,16,18H,2-4,8-11,24H2,1H3,(H,25,26);1H. The molecule has 158 valence electrons. The summed E-state index contributed by atoms with van der Waals surface area (Å²) in [6, 6.07) is 5.26. The third-order valence-electron chi connectivity index (χ3n) is 5.85. The zero-order chi connectivity index (χ0) is 19.6. The Balaban J connectivity index is 0.00000280. The smallest absolute Gasteiger partial charge is 0.422 e. The van der Waals surface area contributed by atoms with Crippen molar-refractivity contribution in [1.29, 1.82) is 0 Å². The average Bonchev–Trinajstić information content (AvgIpc) is 2.58. The molecule has 8 heteroatoms. The van der Waals surface area contributed by atoms with Gasteiger partial charge in [-0.3, -0.25) is 4.79 Å². The molecule has 0 saturated heterocycles. The van der Waals surface area contributed by atoms with Gasteiger partial charge in [0.05, 0.1) is 0 Å². The fourth-order valence-electron chi connectivity index (χ4n) is 4.43. The zero-order valence-electron chi connectivity index (χ0n) is 15.9. The van der Waals surface area contributed by atoms with Gasteiger partial charge in [0.25, 0.3) is 0 Å². The van der Waals surface area contributed by atoms with Gasteiger partial charge in [0.2, 0.25) is 5.91 Å². The Kier molecular flexibility index (Phi) is 7.62. The van der Waals surface area contributed by atoms with Gasteiger partial charge in [0, 0.05) is 24.1 Å². The van der Waals surface area contributed by atoms with Gasteiger partial charge in [-0.2, -0.15) is 13.2 Å². The summed E-state index contributed by atoms with van der Waals surface area (Å²) in [6.07, 6.45) is 0.539. The Hall–Kier alpha value is -1.47. The summed E-state index contributed by atoms with van der Waals surface area (Å²) in [5.74, 6) is 0.859. The van der Waals surface area contributed by atoms with Crippen LogP contribution in [0.25, 0.3) is 0 Å². The van der Waals surface area contributed by atoms with E-state index >= 15 is 0 Å². The molecule has 0 aliphatic heterocycles. The lowest BCUT2D eigenvalue weighted by Crippen LogP contribution is -2.49. The van der Waals surface area contributed by atoms with Crippen LogP contribution in [0.15, 0.2) is 18.2 Å². The van der Waals surface area contributed by atoms with Crippen LogP contribution >= 0.6 is 12.4 Å². The fraction of sp³-hybridized carbons (Fsp3) is 0.650. The van der Waals surface area contributed by atoms with Crippen LogP contribution in [0.4, 0.5) is 13.2 Å². The molecule has 2 saturated carbocycles. The molecule has 1 aromatic carbocycles. The lowest BCUT2D eigenvalue weighted by molar-refractivity contribution is -0.153. The van der Waals surface area contributed by atoms with E-state index in [0.29, 0.717) is 17.4 Å². The quantitative estimate of drug-likeness (QED) is 0.752. The third kappa shape index (κ3) is 5.77. The topological polar surface area (TPSA) is 64.4 Å². The number of ether oxygens (including phenoxy) is 1. The first-order chi connectivity index (χ1) is 12.7. The zero-order valence-corrected chi connectivity index (χ0v) is 16.7. The van der Waals surface area contributed by atoms with Crippen molar-refractivity contribution in [1.82, 2.24) is 5.32 Å². The van der Waals surface area contributed by atoms with Gasteiger partial charge in [0.15, 0.2) is 6.61 Å². The van der Waals surface area contributed by atoms with Gasteiger partial charge < -0.3 is 15.8 Å². The second kappa shape index (κ2) is 9.35. The van der Waals surface area contributed by atoms with Gasteiger partial charge in [-0.05, 0) is 56.1 Å². The highest BCUT2D eigenvalue weighted by Gasteiger charge is 2.40. The summed E-state index contributed by atoms with van der Waals surface area (Å²) >= 11 is 0. The van der Waals surface area contributed by atoms with Crippen molar-refractivity contribution in [2.45, 2.75) is 57.8 Å². The Morgan fingerprint density at radius 1 is 1.25 bits per heavy atom. The molecule has 0 heterocycles. The number of nitrogens with one attached hydrogen (secondary N) is 1. The maximum atomic E-state index is 12.6. The van der Waals surface area contributed by atoms with E-state index in [0.717, 1.165) is 31.2 Å². The lowest BCUT2D eigenvalue weighted by atomic mass is 9.65. The molecule has 0 aromatic heterocycles. The molecule has 0 radical (unpaired) electrons. The van der Waals surface area contributed by atoms with Crippen molar-refractivity contribution in [3.63, 3.8) is 0 Å². The minimum Gasteiger partial charge on any atom is -0.484 e. The number of halogens is 4. The minimum absolute atomic E-state index is 0. The predicted molar refractivity (Wildman–Crippen MR) is 103 cm³/mol. The summed E-state index contributed by atoms with van der Waals surface area (Å²) in [5.41, 5.74) is 7.62. The number of carbonyl (C=O) groups excluding carboxylic acids is 1. The summed E-state index contributed by atoms with van der Waals surface area (Å²) < 4.78 is 42.4. The van der Waals surface area contributed by atoms with Gasteiger partial charge in [-0.1, -0.05) is 18.6 Å². The molecule has 2 aliphatic rings. The van der Waals surface area contributed by atoms with E-state index in [-0.39, 0.29) is 42.6 Å². The first-order valence-electron chi connectivity index (χ1n) is 9.55. The molecule has 2 unspecified atom stereocenters. The highest BCUT2D eigenvalue weighted by atomic mass is 35.5. The van der Waals surface area contributed by atoms with E-state index < -0.39 is 12.8 Å². The second-order valence-electron chi connectivity index (χ2n) is 7.93. The largest absolute Gasteiger partial charge is 0.484 e. The maximum Gasteiger partial charge on any atom is 0.422 e. The number of aryl methyl sites for hydroxylation is 1. The molecule has 3 N–H and O–H groups in total. The lowest BCUT2D eigenvalue weighted by Gasteiger charge is -2.43. The average molecular weight is 421 g/mol. The van der Waals surface area contributed by atoms with Gasteiger partial charge in [-0.25, -0.2) is 0 Å². The van der Waals surface area contributed by atoms with Crippen molar-refractivity contribution in [3.05, 3.63) is 29.3 Å². The van der Waals surface area contributed by atoms with Crippen molar-refractivity contribution in [2.75, 3.05) is 6.61 Å². The molecule has 4 nitrogen and oxygen atoms in total. The van der Waals surface area contributed by atoms with E-state index in [4.69, 9.17) is 10.5 Å². The van der Waals surface area contributed by atoms with Crippen LogP contribution in [0.2, 0.25) is 0 Å². The number of benzene rings is 1. The Labute approximate surface area is 169 Å². The predicted octanol–water partition coefficient (Wildman–Crippen LogP) is 4.13. The van der Waals surface area contributed by atoms with Crippen LogP contribution in [0, 0.1) is 24.7 Å². The van der Waals surface area contributed by atoms with Crippen molar-refractivity contribution in [3.8, 4) is 5.75 Å². The van der Waals surface area contributed by atoms with Crippen LogP contribution in [0.5, 0.6) is 5.75 Å². The van der Waals surface area contributed by atoms with Crippen LogP contribution in [-0.2, 0) is 11.3 Å². The number of hydrogen-bond acceptors (Lipinski definition) is 3. The minimum atomic E-state index is -4.40. The number of carbonyl (C=O) groups is 1. The number of alkyl halides is 3. The first kappa shape index (κ1) is 22.8. The molecule has 3 rings (SSSR count). The summed E-state index contributed by atoms with van der Waals surface area (Å²) in [4.78, 5) is 12.6. The highest BCUT2D eigenvalue weighted by molar-refractivity contribution is 5.85. The normalized spacial score (nSPS) is 26.9. The van der Waals surface area contributed by atoms with Crippen molar-refractivity contribution < 1.29 is 22.7 Å². The highest BCUT2D eigenvalue weighted by Crippen LogP contribution is 2.41. The molecule has 28 heavy (non-hydrogen) atoms. The Morgan fingerprint density at radius 2 is 1.89 bits per heavy atom. The molecule has 2 fully saturated rings. The van der Waals surface area contributed by atoms with Crippen LogP contribution in [-0.4, -0.2) is 24.7 Å². The van der Waals surface area contributed by atoms with E-state index in [1.807, 2.05) is 0 Å². The molecule has 0 spiro atoms. The maximum absolute atomic E-state index is 12.6. The van der Waals surface area contributed by atoms with E-state index in [1.54, 1.807) is 25.1 Å². The Bertz CT molecular complexity index is 670. The molecular weight excluding hydrogens is 393 g/mol. The van der Waals surface area contributed by atoms with Gasteiger partial charge in [0.1, 0.15) is 5.75 Å². The number of rotatable bonds is 5. The molecule has 2 atom stereocenters. The summed E-state index contributed by atoms with van der Waals surface area (Å²) in [6.45, 7) is 0.596. The van der Waals surface area contributed by atoms with E-state index in [2.05, 4.69) is 5.32 Å². The second-order valence-corrected chi connectivity index (χ2v) is 7.93. The molecule has 2 aliphatic carbocycles. The van der Waals surface area contributed by atoms with Crippen LogP contribution in [0.1, 0.15) is 43.2 Å². The molecular formula is C20H28ClF3N2O2. The molecule has 1 amide bonds. The Morgan fingerprint density at radius 3 is 2.50 bits per heavy atom. The third-order valence-corrected chi connectivity index (χ3v) is 5.85. The van der Waals surface area contributed by atoms with Crippen molar-refractivity contribution in [2.24, 2.45) is 23.5 Å². The monoisotopic (exact) mass is 420 g/mol. The van der Waals surface area contributed by atoms with Crippen LogP contribution in [0.3, 0.4) is 0 Å². The van der Waals surface area contributed by atoms with Crippen LogP contribution < -0.4 is 15.8 Å². The van der Waals surface area contributed by atoms with Crippen molar-refractivity contribution >= 4 is 18.3 Å². The molecule has 1 aromatic rings. The molecule has 2 bridgehead atoms.